The van der Waals surface area contributed by atoms with E-state index in [9.17, 15) is 5.11 Å². The van der Waals surface area contributed by atoms with Crippen LogP contribution in [0.5, 0.6) is 0 Å². The summed E-state index contributed by atoms with van der Waals surface area (Å²) in [7, 11) is 2.06. The van der Waals surface area contributed by atoms with Crippen molar-refractivity contribution in [2.24, 2.45) is 0 Å². The SMILES string of the molecule is CCC(C)N(C)CC(O)c1ccccc1. The van der Waals surface area contributed by atoms with Gasteiger partial charge < -0.3 is 10.0 Å². The van der Waals surface area contributed by atoms with E-state index >= 15 is 0 Å². The fraction of sp³-hybridized carbons (Fsp3) is 0.538. The van der Waals surface area contributed by atoms with E-state index in [0.717, 1.165) is 12.0 Å². The molecule has 0 aliphatic heterocycles. The number of hydrogen-bond acceptors (Lipinski definition) is 2. The molecule has 0 aromatic heterocycles. The van der Waals surface area contributed by atoms with Crippen molar-refractivity contribution in [3.63, 3.8) is 0 Å². The minimum atomic E-state index is -0.384. The highest BCUT2D eigenvalue weighted by atomic mass is 16.3. The topological polar surface area (TPSA) is 23.5 Å². The lowest BCUT2D eigenvalue weighted by Crippen LogP contribution is -2.32. The minimum absolute atomic E-state index is 0.384. The van der Waals surface area contributed by atoms with E-state index in [0.29, 0.717) is 12.6 Å². The number of nitrogens with zero attached hydrogens (tertiary/aromatic N) is 1. The van der Waals surface area contributed by atoms with E-state index < -0.39 is 0 Å². The first-order valence-electron chi connectivity index (χ1n) is 5.58. The van der Waals surface area contributed by atoms with Crippen LogP contribution >= 0.6 is 0 Å². The van der Waals surface area contributed by atoms with E-state index in [1.807, 2.05) is 30.3 Å². The van der Waals surface area contributed by atoms with Crippen LogP contribution in [0.3, 0.4) is 0 Å². The first kappa shape index (κ1) is 12.2. The van der Waals surface area contributed by atoms with Crippen molar-refractivity contribution in [3.05, 3.63) is 35.9 Å². The van der Waals surface area contributed by atoms with Gasteiger partial charge in [0.15, 0.2) is 0 Å². The van der Waals surface area contributed by atoms with Crippen molar-refractivity contribution >= 4 is 0 Å². The molecule has 0 spiro atoms. The summed E-state index contributed by atoms with van der Waals surface area (Å²) in [6, 6.07) is 10.3. The summed E-state index contributed by atoms with van der Waals surface area (Å²) in [4.78, 5) is 2.19. The molecular weight excluding hydrogens is 186 g/mol. The molecule has 0 saturated heterocycles. The van der Waals surface area contributed by atoms with Gasteiger partial charge in [-0.3, -0.25) is 0 Å². The van der Waals surface area contributed by atoms with E-state index in [1.165, 1.54) is 0 Å². The van der Waals surface area contributed by atoms with Crippen LogP contribution in [0.1, 0.15) is 31.9 Å². The summed E-state index contributed by atoms with van der Waals surface area (Å²) in [5.74, 6) is 0. The zero-order chi connectivity index (χ0) is 11.3. The van der Waals surface area contributed by atoms with E-state index in [-0.39, 0.29) is 6.10 Å². The Morgan fingerprint density at radius 2 is 1.87 bits per heavy atom. The van der Waals surface area contributed by atoms with Gasteiger partial charge in [0.05, 0.1) is 6.10 Å². The second-order valence-electron chi connectivity index (χ2n) is 4.12. The van der Waals surface area contributed by atoms with Crippen molar-refractivity contribution in [2.45, 2.75) is 32.4 Å². The summed E-state index contributed by atoms with van der Waals surface area (Å²) in [5, 5.41) is 9.99. The van der Waals surface area contributed by atoms with Gasteiger partial charge in [0.1, 0.15) is 0 Å². The second-order valence-corrected chi connectivity index (χ2v) is 4.12. The van der Waals surface area contributed by atoms with Crippen molar-refractivity contribution in [1.29, 1.82) is 0 Å². The number of likely N-dealkylation sites (N-methyl/N-ethyl adjacent to an activating group) is 1. The fourth-order valence-electron chi connectivity index (χ4n) is 1.54. The highest BCUT2D eigenvalue weighted by Crippen LogP contribution is 2.14. The second kappa shape index (κ2) is 5.89. The van der Waals surface area contributed by atoms with Crippen LogP contribution in [0.4, 0.5) is 0 Å². The number of aliphatic hydroxyl groups is 1. The maximum Gasteiger partial charge on any atom is 0.0916 e. The van der Waals surface area contributed by atoms with Gasteiger partial charge in [-0.15, -0.1) is 0 Å². The predicted octanol–water partition coefficient (Wildman–Crippen LogP) is 2.45. The maximum absolute atomic E-state index is 9.99. The zero-order valence-electron chi connectivity index (χ0n) is 9.85. The predicted molar refractivity (Wildman–Crippen MR) is 63.8 cm³/mol. The standard InChI is InChI=1S/C13H21NO/c1-4-11(2)14(3)10-13(15)12-8-6-5-7-9-12/h5-9,11,13,15H,4,10H2,1-3H3. The quantitative estimate of drug-likeness (QED) is 0.801. The molecular formula is C13H21NO. The summed E-state index contributed by atoms with van der Waals surface area (Å²) in [6.45, 7) is 5.03. The van der Waals surface area contributed by atoms with Crippen LogP contribution in [0.25, 0.3) is 0 Å². The molecule has 1 aromatic rings. The van der Waals surface area contributed by atoms with Crippen LogP contribution in [0.15, 0.2) is 30.3 Å². The summed E-state index contributed by atoms with van der Waals surface area (Å²) >= 11 is 0. The molecule has 0 radical (unpaired) electrons. The molecule has 0 aliphatic carbocycles. The molecule has 1 rings (SSSR count). The number of aliphatic hydroxyl groups excluding tert-OH is 1. The lowest BCUT2D eigenvalue weighted by atomic mass is 10.1. The summed E-state index contributed by atoms with van der Waals surface area (Å²) < 4.78 is 0. The number of rotatable bonds is 5. The molecule has 0 bridgehead atoms. The average molecular weight is 207 g/mol. The highest BCUT2D eigenvalue weighted by Gasteiger charge is 2.13. The van der Waals surface area contributed by atoms with Gasteiger partial charge in [-0.05, 0) is 26.0 Å². The molecule has 0 heterocycles. The Balaban J connectivity index is 2.52. The van der Waals surface area contributed by atoms with E-state index in [1.54, 1.807) is 0 Å². The Kier molecular flexibility index (Phi) is 4.79. The van der Waals surface area contributed by atoms with Gasteiger partial charge in [0, 0.05) is 12.6 Å². The smallest absolute Gasteiger partial charge is 0.0916 e. The number of benzene rings is 1. The van der Waals surface area contributed by atoms with Crippen LogP contribution in [0.2, 0.25) is 0 Å². The minimum Gasteiger partial charge on any atom is -0.387 e. The van der Waals surface area contributed by atoms with Gasteiger partial charge in [0.2, 0.25) is 0 Å². The number of hydrogen-bond donors (Lipinski definition) is 1. The molecule has 84 valence electrons. The Morgan fingerprint density at radius 1 is 1.27 bits per heavy atom. The van der Waals surface area contributed by atoms with E-state index in [4.69, 9.17) is 0 Å². The Labute approximate surface area is 92.5 Å². The van der Waals surface area contributed by atoms with Gasteiger partial charge in [0.25, 0.3) is 0 Å². The third kappa shape index (κ3) is 3.65. The first-order chi connectivity index (χ1) is 7.15. The molecule has 1 N–H and O–H groups in total. The Morgan fingerprint density at radius 3 is 2.40 bits per heavy atom. The van der Waals surface area contributed by atoms with E-state index in [2.05, 4.69) is 25.8 Å². The third-order valence-corrected chi connectivity index (χ3v) is 2.99. The van der Waals surface area contributed by atoms with Crippen LogP contribution < -0.4 is 0 Å². The van der Waals surface area contributed by atoms with Crippen molar-refractivity contribution in [1.82, 2.24) is 4.90 Å². The molecule has 0 amide bonds. The van der Waals surface area contributed by atoms with Crippen molar-refractivity contribution < 1.29 is 5.11 Å². The lowest BCUT2D eigenvalue weighted by Gasteiger charge is -2.26. The molecule has 0 saturated carbocycles. The zero-order valence-corrected chi connectivity index (χ0v) is 9.85. The van der Waals surface area contributed by atoms with Gasteiger partial charge in [-0.1, -0.05) is 37.3 Å². The van der Waals surface area contributed by atoms with Crippen LogP contribution in [0, 0.1) is 0 Å². The summed E-state index contributed by atoms with van der Waals surface area (Å²) in [5.41, 5.74) is 0.993. The normalized spacial score (nSPS) is 15.3. The molecule has 2 atom stereocenters. The van der Waals surface area contributed by atoms with Crippen molar-refractivity contribution in [2.75, 3.05) is 13.6 Å². The molecule has 15 heavy (non-hydrogen) atoms. The monoisotopic (exact) mass is 207 g/mol. The van der Waals surface area contributed by atoms with Gasteiger partial charge in [-0.2, -0.15) is 0 Å². The lowest BCUT2D eigenvalue weighted by molar-refractivity contribution is 0.107. The largest absolute Gasteiger partial charge is 0.387 e. The van der Waals surface area contributed by atoms with Gasteiger partial charge >= 0.3 is 0 Å². The maximum atomic E-state index is 9.99. The third-order valence-electron chi connectivity index (χ3n) is 2.99. The van der Waals surface area contributed by atoms with Crippen LogP contribution in [-0.4, -0.2) is 29.6 Å². The summed E-state index contributed by atoms with van der Waals surface area (Å²) in [6.07, 6.45) is 0.725. The fourth-order valence-corrected chi connectivity index (χ4v) is 1.54. The molecule has 2 nitrogen and oxygen atoms in total. The van der Waals surface area contributed by atoms with Gasteiger partial charge in [-0.25, -0.2) is 0 Å². The Bertz CT molecular complexity index is 273. The van der Waals surface area contributed by atoms with Crippen LogP contribution in [-0.2, 0) is 0 Å². The first-order valence-corrected chi connectivity index (χ1v) is 5.58. The molecule has 2 unspecified atom stereocenters. The average Bonchev–Trinajstić information content (AvgIpc) is 2.29. The molecule has 0 fully saturated rings. The molecule has 1 aromatic carbocycles. The molecule has 2 heteroatoms. The molecule has 0 aliphatic rings. The highest BCUT2D eigenvalue weighted by molar-refractivity contribution is 5.17. The van der Waals surface area contributed by atoms with Crippen molar-refractivity contribution in [3.8, 4) is 0 Å². The Hall–Kier alpha value is -0.860.